The summed E-state index contributed by atoms with van der Waals surface area (Å²) in [4.78, 5) is 0. The maximum absolute atomic E-state index is 11.9. The molecule has 0 radical (unpaired) electrons. The minimum atomic E-state index is -4.41. The van der Waals surface area contributed by atoms with Gasteiger partial charge in [-0.3, -0.25) is 0 Å². The molecular formula is C11H20F3NO4S. The van der Waals surface area contributed by atoms with Gasteiger partial charge in [0, 0.05) is 13.1 Å². The number of hydrogen-bond acceptors (Lipinski definition) is 4. The van der Waals surface area contributed by atoms with Crippen molar-refractivity contribution in [2.45, 2.75) is 31.5 Å². The molecule has 0 aromatic carbocycles. The molecule has 2 unspecified atom stereocenters. The van der Waals surface area contributed by atoms with Gasteiger partial charge in [0.2, 0.25) is 10.0 Å². The van der Waals surface area contributed by atoms with Crippen LogP contribution in [0.15, 0.2) is 0 Å². The van der Waals surface area contributed by atoms with Crippen LogP contribution in [0.2, 0.25) is 0 Å². The Kier molecular flexibility index (Phi) is 6.24. The average molecular weight is 319 g/mol. The van der Waals surface area contributed by atoms with Gasteiger partial charge in [-0.15, -0.1) is 0 Å². The van der Waals surface area contributed by atoms with E-state index in [1.165, 1.54) is 4.31 Å². The largest absolute Gasteiger partial charge is 0.411 e. The number of rotatable bonds is 6. The molecule has 0 amide bonds. The molecule has 9 heteroatoms. The molecule has 5 nitrogen and oxygen atoms in total. The molecule has 0 bridgehead atoms. The molecule has 120 valence electrons. The Morgan fingerprint density at radius 1 is 1.45 bits per heavy atom. The van der Waals surface area contributed by atoms with Crippen LogP contribution in [-0.4, -0.2) is 62.7 Å². The predicted octanol–water partition coefficient (Wildman–Crippen LogP) is 0.988. The Morgan fingerprint density at radius 3 is 2.65 bits per heavy atom. The topological polar surface area (TPSA) is 66.8 Å². The molecule has 1 fully saturated rings. The minimum absolute atomic E-state index is 0.0528. The van der Waals surface area contributed by atoms with Gasteiger partial charge in [-0.1, -0.05) is 0 Å². The number of aliphatic hydroxyl groups is 1. The van der Waals surface area contributed by atoms with Crippen molar-refractivity contribution in [3.63, 3.8) is 0 Å². The van der Waals surface area contributed by atoms with Crippen LogP contribution in [0, 0.1) is 5.92 Å². The van der Waals surface area contributed by atoms with Gasteiger partial charge >= 0.3 is 6.18 Å². The van der Waals surface area contributed by atoms with Crippen molar-refractivity contribution in [3.8, 4) is 0 Å². The highest BCUT2D eigenvalue weighted by Gasteiger charge is 2.29. The number of piperidine rings is 1. The molecule has 1 aliphatic heterocycles. The van der Waals surface area contributed by atoms with E-state index >= 15 is 0 Å². The highest BCUT2D eigenvalue weighted by Crippen LogP contribution is 2.23. The van der Waals surface area contributed by atoms with Gasteiger partial charge in [-0.05, 0) is 25.2 Å². The Balaban J connectivity index is 2.33. The zero-order chi connectivity index (χ0) is 15.4. The molecule has 1 aliphatic rings. The summed E-state index contributed by atoms with van der Waals surface area (Å²) in [5.74, 6) is -0.0528. The van der Waals surface area contributed by atoms with E-state index in [0.717, 1.165) is 12.7 Å². The summed E-state index contributed by atoms with van der Waals surface area (Å²) in [6, 6.07) is 0. The maximum atomic E-state index is 11.9. The van der Waals surface area contributed by atoms with Crippen molar-refractivity contribution in [2.24, 2.45) is 5.92 Å². The number of hydrogen-bond donors (Lipinski definition) is 1. The lowest BCUT2D eigenvalue weighted by molar-refractivity contribution is -0.179. The summed E-state index contributed by atoms with van der Waals surface area (Å²) >= 11 is 0. The van der Waals surface area contributed by atoms with Gasteiger partial charge in [-0.25, -0.2) is 12.7 Å². The van der Waals surface area contributed by atoms with E-state index in [0.29, 0.717) is 19.5 Å². The summed E-state index contributed by atoms with van der Waals surface area (Å²) in [5, 5.41) is 9.63. The van der Waals surface area contributed by atoms with Crippen LogP contribution in [0.25, 0.3) is 0 Å². The number of ether oxygens (including phenoxy) is 1. The second-order valence-corrected chi connectivity index (χ2v) is 7.13. The number of aliphatic hydroxyl groups excluding tert-OH is 1. The summed E-state index contributed by atoms with van der Waals surface area (Å²) in [6.07, 6.45) is -2.61. The SMILES string of the molecule is CS(=O)(=O)N1CCCC(CC(O)COCC(F)(F)F)C1. The molecule has 0 aliphatic carbocycles. The number of sulfonamides is 1. The first-order chi connectivity index (χ1) is 9.08. The first-order valence-corrected chi connectivity index (χ1v) is 8.20. The van der Waals surface area contributed by atoms with Gasteiger partial charge in [-0.2, -0.15) is 13.2 Å². The molecule has 0 aromatic heterocycles. The zero-order valence-corrected chi connectivity index (χ0v) is 12.1. The van der Waals surface area contributed by atoms with Crippen LogP contribution in [0.5, 0.6) is 0 Å². The lowest BCUT2D eigenvalue weighted by Gasteiger charge is -2.31. The van der Waals surface area contributed by atoms with Crippen molar-refractivity contribution < 1.29 is 31.4 Å². The second-order valence-electron chi connectivity index (χ2n) is 5.15. The molecule has 1 saturated heterocycles. The van der Waals surface area contributed by atoms with Crippen LogP contribution < -0.4 is 0 Å². The fourth-order valence-corrected chi connectivity index (χ4v) is 3.23. The molecule has 2 atom stereocenters. The van der Waals surface area contributed by atoms with Crippen LogP contribution in [0.4, 0.5) is 13.2 Å². The van der Waals surface area contributed by atoms with Crippen LogP contribution in [0.3, 0.4) is 0 Å². The standard InChI is InChI=1S/C11H20F3NO4S/c1-20(17,18)15-4-2-3-9(6-15)5-10(16)7-19-8-11(12,13)14/h9-10,16H,2-8H2,1H3. The lowest BCUT2D eigenvalue weighted by atomic mass is 9.94. The third-order valence-electron chi connectivity index (χ3n) is 3.13. The van der Waals surface area contributed by atoms with E-state index in [2.05, 4.69) is 4.74 Å². The first kappa shape index (κ1) is 17.7. The van der Waals surface area contributed by atoms with Crippen LogP contribution in [-0.2, 0) is 14.8 Å². The highest BCUT2D eigenvalue weighted by atomic mass is 32.2. The summed E-state index contributed by atoms with van der Waals surface area (Å²) in [7, 11) is -3.26. The molecule has 1 rings (SSSR count). The average Bonchev–Trinajstić information content (AvgIpc) is 2.26. The third kappa shape index (κ3) is 6.87. The van der Waals surface area contributed by atoms with Crippen molar-refractivity contribution >= 4 is 10.0 Å². The minimum Gasteiger partial charge on any atom is -0.391 e. The third-order valence-corrected chi connectivity index (χ3v) is 4.40. The molecule has 0 saturated carbocycles. The maximum Gasteiger partial charge on any atom is 0.411 e. The quantitative estimate of drug-likeness (QED) is 0.793. The number of nitrogens with zero attached hydrogens (tertiary/aromatic N) is 1. The Morgan fingerprint density at radius 2 is 2.10 bits per heavy atom. The lowest BCUT2D eigenvalue weighted by Crippen LogP contribution is -2.40. The first-order valence-electron chi connectivity index (χ1n) is 6.35. The van der Waals surface area contributed by atoms with Crippen molar-refractivity contribution in [3.05, 3.63) is 0 Å². The van der Waals surface area contributed by atoms with E-state index in [1.807, 2.05) is 0 Å². The fourth-order valence-electron chi connectivity index (χ4n) is 2.28. The molecule has 1 heterocycles. The van der Waals surface area contributed by atoms with E-state index < -0.39 is 35.5 Å². The Hall–Kier alpha value is -0.380. The van der Waals surface area contributed by atoms with Crippen molar-refractivity contribution in [1.82, 2.24) is 4.31 Å². The van der Waals surface area contributed by atoms with Crippen molar-refractivity contribution in [1.29, 1.82) is 0 Å². The number of halogens is 3. The van der Waals surface area contributed by atoms with Crippen LogP contribution in [0.1, 0.15) is 19.3 Å². The molecule has 20 heavy (non-hydrogen) atoms. The zero-order valence-electron chi connectivity index (χ0n) is 11.3. The highest BCUT2D eigenvalue weighted by molar-refractivity contribution is 7.88. The summed E-state index contributed by atoms with van der Waals surface area (Å²) in [6.45, 7) is -1.02. The van der Waals surface area contributed by atoms with Gasteiger partial charge in [0.15, 0.2) is 0 Å². The van der Waals surface area contributed by atoms with Gasteiger partial charge in [0.1, 0.15) is 6.61 Å². The van der Waals surface area contributed by atoms with Gasteiger partial charge in [0.25, 0.3) is 0 Å². The van der Waals surface area contributed by atoms with Gasteiger partial charge in [0.05, 0.1) is 19.0 Å². The summed E-state index contributed by atoms with van der Waals surface area (Å²) < 4.78 is 64.2. The second kappa shape index (κ2) is 7.06. The Labute approximate surface area is 116 Å². The smallest absolute Gasteiger partial charge is 0.391 e. The molecule has 1 N–H and O–H groups in total. The van der Waals surface area contributed by atoms with E-state index in [1.54, 1.807) is 0 Å². The van der Waals surface area contributed by atoms with E-state index in [9.17, 15) is 26.7 Å². The number of alkyl halides is 3. The summed E-state index contributed by atoms with van der Waals surface area (Å²) in [5.41, 5.74) is 0. The van der Waals surface area contributed by atoms with Crippen LogP contribution >= 0.6 is 0 Å². The van der Waals surface area contributed by atoms with Gasteiger partial charge < -0.3 is 9.84 Å². The van der Waals surface area contributed by atoms with E-state index in [4.69, 9.17) is 0 Å². The fraction of sp³-hybridized carbons (Fsp3) is 1.00. The predicted molar refractivity (Wildman–Crippen MR) is 66.6 cm³/mol. The molecule has 0 spiro atoms. The van der Waals surface area contributed by atoms with Crippen molar-refractivity contribution in [2.75, 3.05) is 32.6 Å². The van der Waals surface area contributed by atoms with E-state index in [-0.39, 0.29) is 12.3 Å². The molecule has 0 aromatic rings. The monoisotopic (exact) mass is 319 g/mol. The molecular weight excluding hydrogens is 299 g/mol. The normalized spacial score (nSPS) is 23.8. The Bertz CT molecular complexity index is 399.